The van der Waals surface area contributed by atoms with Gasteiger partial charge in [0.25, 0.3) is 0 Å². The molecule has 0 heterocycles. The van der Waals surface area contributed by atoms with Crippen molar-refractivity contribution >= 4 is 23.4 Å². The van der Waals surface area contributed by atoms with E-state index in [-0.39, 0.29) is 18.2 Å². The van der Waals surface area contributed by atoms with Crippen molar-refractivity contribution in [2.24, 2.45) is 0 Å². The molecule has 2 N–H and O–H groups in total. The number of hydrogen-bond acceptors (Lipinski definition) is 4. The number of methoxy groups -OCH3 is 1. The van der Waals surface area contributed by atoms with Crippen LogP contribution in [0.2, 0.25) is 0 Å². The van der Waals surface area contributed by atoms with Crippen LogP contribution < -0.4 is 5.73 Å². The van der Waals surface area contributed by atoms with Gasteiger partial charge in [0.2, 0.25) is 0 Å². The normalized spacial score (nSPS) is 10.0. The molecule has 0 atom stereocenters. The summed E-state index contributed by atoms with van der Waals surface area (Å²) in [5.41, 5.74) is 6.15. The minimum Gasteiger partial charge on any atom is -0.469 e. The van der Waals surface area contributed by atoms with Gasteiger partial charge >= 0.3 is 5.97 Å². The Bertz CT molecular complexity index is 357. The third-order valence-corrected chi connectivity index (χ3v) is 2.84. The van der Waals surface area contributed by atoms with E-state index in [1.807, 2.05) is 0 Å². The molecular weight excluding hydrogens is 217 g/mol. The Morgan fingerprint density at radius 2 is 2.33 bits per heavy atom. The number of carbonyl (C=O) groups excluding carboxylic acids is 1. The maximum absolute atomic E-state index is 12.8. The van der Waals surface area contributed by atoms with Crippen LogP contribution in [0.1, 0.15) is 6.42 Å². The lowest BCUT2D eigenvalue weighted by molar-refractivity contribution is -0.140. The second-order valence-electron chi connectivity index (χ2n) is 2.86. The summed E-state index contributed by atoms with van der Waals surface area (Å²) in [5, 5.41) is 0. The molecule has 0 amide bonds. The van der Waals surface area contributed by atoms with Gasteiger partial charge < -0.3 is 10.5 Å². The minimum absolute atomic E-state index is 0.280. The van der Waals surface area contributed by atoms with Gasteiger partial charge in [-0.25, -0.2) is 4.39 Å². The Hall–Kier alpha value is -1.23. The number of halogens is 1. The third kappa shape index (κ3) is 3.79. The highest BCUT2D eigenvalue weighted by Gasteiger charge is 2.04. The van der Waals surface area contributed by atoms with Crippen LogP contribution in [-0.2, 0) is 9.53 Å². The van der Waals surface area contributed by atoms with Crippen molar-refractivity contribution in [2.45, 2.75) is 11.3 Å². The Labute approximate surface area is 91.8 Å². The highest BCUT2D eigenvalue weighted by atomic mass is 32.2. The highest BCUT2D eigenvalue weighted by Crippen LogP contribution is 2.26. The number of nitrogens with two attached hydrogens (primary N) is 1. The Morgan fingerprint density at radius 1 is 1.60 bits per heavy atom. The Kier molecular flexibility index (Phi) is 4.42. The lowest BCUT2D eigenvalue weighted by atomic mass is 10.3. The number of rotatable bonds is 4. The molecule has 5 heteroatoms. The van der Waals surface area contributed by atoms with Crippen molar-refractivity contribution in [1.29, 1.82) is 0 Å². The SMILES string of the molecule is COC(=O)CCSc1cc(F)ccc1N. The molecule has 1 aromatic rings. The van der Waals surface area contributed by atoms with Crippen LogP contribution in [0.5, 0.6) is 0 Å². The van der Waals surface area contributed by atoms with E-state index >= 15 is 0 Å². The lowest BCUT2D eigenvalue weighted by Gasteiger charge is -2.04. The summed E-state index contributed by atoms with van der Waals surface area (Å²) in [6.07, 6.45) is 0.289. The number of thioether (sulfide) groups is 1. The Balaban J connectivity index is 2.50. The number of carbonyl (C=O) groups is 1. The van der Waals surface area contributed by atoms with Gasteiger partial charge in [0.15, 0.2) is 0 Å². The number of nitrogen functional groups attached to an aromatic ring is 1. The molecule has 0 saturated heterocycles. The number of benzene rings is 1. The van der Waals surface area contributed by atoms with Crippen molar-refractivity contribution in [3.63, 3.8) is 0 Å². The average Bonchev–Trinajstić information content (AvgIpc) is 2.23. The van der Waals surface area contributed by atoms with Gasteiger partial charge in [-0.3, -0.25) is 4.79 Å². The first kappa shape index (κ1) is 11.8. The molecule has 1 aromatic carbocycles. The molecule has 0 spiro atoms. The summed E-state index contributed by atoms with van der Waals surface area (Å²) in [6, 6.07) is 4.17. The van der Waals surface area contributed by atoms with Crippen molar-refractivity contribution in [2.75, 3.05) is 18.6 Å². The predicted octanol–water partition coefficient (Wildman–Crippen LogP) is 2.06. The second kappa shape index (κ2) is 5.60. The molecule has 82 valence electrons. The van der Waals surface area contributed by atoms with E-state index in [0.717, 1.165) is 0 Å². The van der Waals surface area contributed by atoms with Gasteiger partial charge in [0, 0.05) is 16.3 Å². The monoisotopic (exact) mass is 229 g/mol. The van der Waals surface area contributed by atoms with E-state index < -0.39 is 0 Å². The summed E-state index contributed by atoms with van der Waals surface area (Å²) in [6.45, 7) is 0. The first-order valence-corrected chi connectivity index (χ1v) is 5.36. The van der Waals surface area contributed by atoms with E-state index in [0.29, 0.717) is 16.3 Å². The fourth-order valence-corrected chi connectivity index (χ4v) is 1.90. The first-order valence-electron chi connectivity index (χ1n) is 4.38. The van der Waals surface area contributed by atoms with E-state index in [2.05, 4.69) is 4.74 Å². The zero-order valence-corrected chi connectivity index (χ0v) is 9.14. The second-order valence-corrected chi connectivity index (χ2v) is 3.99. The van der Waals surface area contributed by atoms with Crippen LogP contribution in [-0.4, -0.2) is 18.8 Å². The molecule has 0 fully saturated rings. The van der Waals surface area contributed by atoms with Crippen molar-refractivity contribution in [3.05, 3.63) is 24.0 Å². The summed E-state index contributed by atoms with van der Waals surface area (Å²) in [5.74, 6) is -0.0809. The van der Waals surface area contributed by atoms with Gasteiger partial charge in [0.05, 0.1) is 13.5 Å². The average molecular weight is 229 g/mol. The maximum atomic E-state index is 12.8. The van der Waals surface area contributed by atoms with Crippen LogP contribution >= 0.6 is 11.8 Å². The highest BCUT2D eigenvalue weighted by molar-refractivity contribution is 7.99. The fourth-order valence-electron chi connectivity index (χ4n) is 0.980. The van der Waals surface area contributed by atoms with Gasteiger partial charge in [-0.2, -0.15) is 0 Å². The third-order valence-electron chi connectivity index (χ3n) is 1.77. The molecule has 0 aliphatic carbocycles. The number of hydrogen-bond donors (Lipinski definition) is 1. The minimum atomic E-state index is -0.329. The number of anilines is 1. The molecule has 0 saturated carbocycles. The van der Waals surface area contributed by atoms with E-state index in [9.17, 15) is 9.18 Å². The zero-order valence-electron chi connectivity index (χ0n) is 8.33. The summed E-state index contributed by atoms with van der Waals surface area (Å²) < 4.78 is 17.3. The van der Waals surface area contributed by atoms with Crippen LogP contribution in [0.4, 0.5) is 10.1 Å². The van der Waals surface area contributed by atoms with Crippen LogP contribution in [0.3, 0.4) is 0 Å². The molecule has 3 nitrogen and oxygen atoms in total. The smallest absolute Gasteiger partial charge is 0.306 e. The Morgan fingerprint density at radius 3 is 3.00 bits per heavy atom. The summed E-state index contributed by atoms with van der Waals surface area (Å²) in [4.78, 5) is 11.5. The van der Waals surface area contributed by atoms with E-state index in [4.69, 9.17) is 5.73 Å². The van der Waals surface area contributed by atoms with Crippen LogP contribution in [0.15, 0.2) is 23.1 Å². The van der Waals surface area contributed by atoms with Gasteiger partial charge in [-0.05, 0) is 18.2 Å². The molecule has 0 unspecified atom stereocenters. The molecular formula is C10H12FNO2S. The summed E-state index contributed by atoms with van der Waals surface area (Å²) >= 11 is 1.34. The van der Waals surface area contributed by atoms with Crippen molar-refractivity contribution in [3.8, 4) is 0 Å². The van der Waals surface area contributed by atoms with Crippen molar-refractivity contribution < 1.29 is 13.9 Å². The molecule has 0 aromatic heterocycles. The standard InChI is InChI=1S/C10H12FNO2S/c1-14-10(13)4-5-15-9-6-7(11)2-3-8(9)12/h2-3,6H,4-5,12H2,1H3. The molecule has 0 aliphatic rings. The first-order chi connectivity index (χ1) is 7.13. The lowest BCUT2D eigenvalue weighted by Crippen LogP contribution is -2.01. The molecule has 0 bridgehead atoms. The summed E-state index contributed by atoms with van der Waals surface area (Å²) in [7, 11) is 1.34. The zero-order chi connectivity index (χ0) is 11.3. The van der Waals surface area contributed by atoms with Crippen molar-refractivity contribution in [1.82, 2.24) is 0 Å². The predicted molar refractivity (Wildman–Crippen MR) is 58.2 cm³/mol. The number of esters is 1. The van der Waals surface area contributed by atoms with Crippen LogP contribution in [0, 0.1) is 5.82 Å². The fraction of sp³-hybridized carbons (Fsp3) is 0.300. The van der Waals surface area contributed by atoms with Gasteiger partial charge in [0.1, 0.15) is 5.82 Å². The number of ether oxygens (including phenoxy) is 1. The topological polar surface area (TPSA) is 52.3 Å². The molecule has 0 radical (unpaired) electrons. The maximum Gasteiger partial charge on any atom is 0.306 e. The van der Waals surface area contributed by atoms with Crippen LogP contribution in [0.25, 0.3) is 0 Å². The van der Waals surface area contributed by atoms with E-state index in [1.54, 1.807) is 0 Å². The molecule has 0 aliphatic heterocycles. The van der Waals surface area contributed by atoms with E-state index in [1.165, 1.54) is 37.1 Å². The van der Waals surface area contributed by atoms with Gasteiger partial charge in [-0.1, -0.05) is 0 Å². The molecule has 1 rings (SSSR count). The molecule has 15 heavy (non-hydrogen) atoms. The van der Waals surface area contributed by atoms with Gasteiger partial charge in [-0.15, -0.1) is 11.8 Å². The quantitative estimate of drug-likeness (QED) is 0.488. The largest absolute Gasteiger partial charge is 0.469 e.